The fourth-order valence-corrected chi connectivity index (χ4v) is 3.09. The van der Waals surface area contributed by atoms with Gasteiger partial charge in [0, 0.05) is 0 Å². The van der Waals surface area contributed by atoms with Crippen LogP contribution in [-0.4, -0.2) is 5.31 Å². The summed E-state index contributed by atoms with van der Waals surface area (Å²) in [6.45, 7) is 2.20. The van der Waals surface area contributed by atoms with E-state index in [4.69, 9.17) is 0 Å². The first-order valence-corrected chi connectivity index (χ1v) is 10.1. The number of benzene rings is 1. The molecule has 1 aromatic carbocycles. The maximum absolute atomic E-state index is 3.64. The van der Waals surface area contributed by atoms with Crippen LogP contribution in [0.2, 0.25) is 6.55 Å². The highest BCUT2D eigenvalue weighted by atomic mass is 79.9. The molecule has 0 aliphatic rings. The Morgan fingerprint density at radius 2 is 1.60 bits per heavy atom. The van der Waals surface area contributed by atoms with Gasteiger partial charge in [-0.15, -0.1) is 30.6 Å². The maximum atomic E-state index is 3.64. The summed E-state index contributed by atoms with van der Waals surface area (Å²) in [7, 11) is 0. The quantitative estimate of drug-likeness (QED) is 0.548. The second-order valence-electron chi connectivity index (χ2n) is 2.25. The van der Waals surface area contributed by atoms with E-state index in [1.54, 1.807) is 0 Å². The Balaban J connectivity index is 2.97. The van der Waals surface area contributed by atoms with Crippen molar-refractivity contribution in [3.8, 4) is 0 Å². The molecule has 0 heterocycles. The van der Waals surface area contributed by atoms with Crippen molar-refractivity contribution in [1.29, 1.82) is 0 Å². The third-order valence-electron chi connectivity index (χ3n) is 1.28. The molecule has 0 bridgehead atoms. The molecular formula is C7H8Br2Si. The lowest BCUT2D eigenvalue weighted by Gasteiger charge is -2.10. The van der Waals surface area contributed by atoms with Crippen LogP contribution >= 0.6 is 30.6 Å². The van der Waals surface area contributed by atoms with Crippen LogP contribution in [0.4, 0.5) is 0 Å². The molecule has 3 heteroatoms. The Bertz CT molecular complexity index is 203. The van der Waals surface area contributed by atoms with Gasteiger partial charge in [-0.3, -0.25) is 0 Å². The molecule has 0 unspecified atom stereocenters. The molecule has 0 nitrogen and oxygen atoms in total. The smallest absolute Gasteiger partial charge is 0.105 e. The minimum absolute atomic E-state index is 1.37. The van der Waals surface area contributed by atoms with Crippen LogP contribution in [0.25, 0.3) is 0 Å². The summed E-state index contributed by atoms with van der Waals surface area (Å²) >= 11 is 7.28. The maximum Gasteiger partial charge on any atom is 0.227 e. The van der Waals surface area contributed by atoms with Gasteiger partial charge in [-0.2, -0.15) is 0 Å². The summed E-state index contributed by atoms with van der Waals surface area (Å²) in [4.78, 5) is 0. The van der Waals surface area contributed by atoms with Gasteiger partial charge < -0.3 is 0 Å². The van der Waals surface area contributed by atoms with Gasteiger partial charge in [-0.1, -0.05) is 30.3 Å². The summed E-state index contributed by atoms with van der Waals surface area (Å²) in [5.74, 6) is 0. The van der Waals surface area contributed by atoms with Crippen molar-refractivity contribution in [1.82, 2.24) is 0 Å². The minimum Gasteiger partial charge on any atom is -0.105 e. The van der Waals surface area contributed by atoms with Crippen molar-refractivity contribution < 1.29 is 0 Å². The molecule has 0 aliphatic heterocycles. The first-order valence-electron chi connectivity index (χ1n) is 3.04. The lowest BCUT2D eigenvalue weighted by atomic mass is 10.4. The monoisotopic (exact) mass is 278 g/mol. The van der Waals surface area contributed by atoms with E-state index >= 15 is 0 Å². The predicted octanol–water partition coefficient (Wildman–Crippen LogP) is 2.76. The standard InChI is InChI=1S/C7H8Br2Si/c1-10(8,9)7-5-3-2-4-6-7/h2-6H,1H3. The van der Waals surface area contributed by atoms with Crippen LogP contribution in [0.15, 0.2) is 30.3 Å². The zero-order valence-corrected chi connectivity index (χ0v) is 9.81. The Hall–Kier alpha value is 0.397. The molecule has 1 aromatic rings. The molecule has 0 saturated carbocycles. The molecule has 0 amide bonds. The molecule has 0 spiro atoms. The summed E-state index contributed by atoms with van der Waals surface area (Å²) in [6.07, 6.45) is 0. The summed E-state index contributed by atoms with van der Waals surface area (Å²) in [6, 6.07) is 10.4. The Kier molecular flexibility index (Phi) is 2.71. The van der Waals surface area contributed by atoms with Crippen molar-refractivity contribution in [3.05, 3.63) is 30.3 Å². The zero-order chi connectivity index (χ0) is 7.61. The van der Waals surface area contributed by atoms with Gasteiger partial charge in [-0.25, -0.2) is 0 Å². The lowest BCUT2D eigenvalue weighted by Crippen LogP contribution is -2.30. The number of rotatable bonds is 1. The van der Waals surface area contributed by atoms with E-state index in [-0.39, 0.29) is 0 Å². The van der Waals surface area contributed by atoms with E-state index in [0.717, 1.165) is 0 Å². The number of hydrogen-bond acceptors (Lipinski definition) is 0. The van der Waals surface area contributed by atoms with Crippen molar-refractivity contribution in [3.63, 3.8) is 0 Å². The molecule has 0 fully saturated rings. The van der Waals surface area contributed by atoms with Crippen molar-refractivity contribution in [2.45, 2.75) is 6.55 Å². The van der Waals surface area contributed by atoms with Crippen LogP contribution in [-0.2, 0) is 0 Å². The molecule has 0 radical (unpaired) electrons. The van der Waals surface area contributed by atoms with E-state index in [0.29, 0.717) is 0 Å². The normalized spacial score (nSPS) is 11.5. The highest BCUT2D eigenvalue weighted by Gasteiger charge is 2.20. The molecule has 0 aliphatic carbocycles. The van der Waals surface area contributed by atoms with Crippen molar-refractivity contribution >= 4 is 41.1 Å². The molecule has 0 atom stereocenters. The van der Waals surface area contributed by atoms with E-state index in [9.17, 15) is 0 Å². The van der Waals surface area contributed by atoms with Gasteiger partial charge in [0.05, 0.1) is 0 Å². The summed E-state index contributed by atoms with van der Waals surface area (Å²) in [5, 5.41) is -0.0379. The van der Waals surface area contributed by atoms with Gasteiger partial charge in [-0.05, 0) is 11.7 Å². The second-order valence-corrected chi connectivity index (χ2v) is 17.3. The largest absolute Gasteiger partial charge is 0.227 e. The van der Waals surface area contributed by atoms with Crippen LogP contribution in [0.1, 0.15) is 0 Å². The van der Waals surface area contributed by atoms with Gasteiger partial charge in [0.25, 0.3) is 0 Å². The van der Waals surface area contributed by atoms with E-state index in [1.165, 1.54) is 5.19 Å². The average Bonchev–Trinajstić information content (AvgIpc) is 1.88. The Labute approximate surface area is 77.8 Å². The molecule has 0 N–H and O–H groups in total. The highest BCUT2D eigenvalue weighted by molar-refractivity contribution is 9.51. The van der Waals surface area contributed by atoms with Gasteiger partial charge in [0.1, 0.15) is 0 Å². The summed E-state index contributed by atoms with van der Waals surface area (Å²) in [5.41, 5.74) is 0. The first-order chi connectivity index (χ1) is 4.61. The average molecular weight is 280 g/mol. The SMILES string of the molecule is C[Si](Br)(Br)c1ccccc1. The molecule has 1 rings (SSSR count). The lowest BCUT2D eigenvalue weighted by molar-refractivity contribution is 1.76. The van der Waals surface area contributed by atoms with E-state index < -0.39 is 5.31 Å². The fraction of sp³-hybridized carbons (Fsp3) is 0.143. The highest BCUT2D eigenvalue weighted by Crippen LogP contribution is 2.18. The predicted molar refractivity (Wildman–Crippen MR) is 55.5 cm³/mol. The van der Waals surface area contributed by atoms with Crippen LogP contribution in [0.5, 0.6) is 0 Å². The molecule has 0 saturated heterocycles. The number of hydrogen-bond donors (Lipinski definition) is 0. The third kappa shape index (κ3) is 2.22. The molecule has 10 heavy (non-hydrogen) atoms. The van der Waals surface area contributed by atoms with Crippen LogP contribution in [0.3, 0.4) is 0 Å². The van der Waals surface area contributed by atoms with Crippen LogP contribution in [0, 0.1) is 0 Å². The van der Waals surface area contributed by atoms with Gasteiger partial charge in [0.15, 0.2) is 0 Å². The Morgan fingerprint density at radius 3 is 1.90 bits per heavy atom. The molecular weight excluding hydrogens is 272 g/mol. The van der Waals surface area contributed by atoms with Crippen molar-refractivity contribution in [2.24, 2.45) is 0 Å². The number of halogens is 2. The van der Waals surface area contributed by atoms with E-state index in [2.05, 4.69) is 61.4 Å². The van der Waals surface area contributed by atoms with Crippen molar-refractivity contribution in [2.75, 3.05) is 0 Å². The van der Waals surface area contributed by atoms with E-state index in [1.807, 2.05) is 6.07 Å². The third-order valence-corrected chi connectivity index (χ3v) is 5.37. The topological polar surface area (TPSA) is 0 Å². The first kappa shape index (κ1) is 8.49. The van der Waals surface area contributed by atoms with Gasteiger partial charge >= 0.3 is 0 Å². The second kappa shape index (κ2) is 3.20. The van der Waals surface area contributed by atoms with Crippen LogP contribution < -0.4 is 5.19 Å². The van der Waals surface area contributed by atoms with Gasteiger partial charge in [0.2, 0.25) is 5.31 Å². The fourth-order valence-electron chi connectivity index (χ4n) is 0.731. The minimum atomic E-state index is -1.41. The molecule has 54 valence electrons. The summed E-state index contributed by atoms with van der Waals surface area (Å²) < 4.78 is 0. The zero-order valence-electron chi connectivity index (χ0n) is 5.64. The molecule has 0 aromatic heterocycles. The Morgan fingerprint density at radius 1 is 1.10 bits per heavy atom.